The summed E-state index contributed by atoms with van der Waals surface area (Å²) in [5.41, 5.74) is 0. The van der Waals surface area contributed by atoms with Crippen LogP contribution in [-0.2, 0) is 0 Å². The van der Waals surface area contributed by atoms with Gasteiger partial charge in [-0.25, -0.2) is 0 Å². The molecule has 0 amide bonds. The van der Waals surface area contributed by atoms with Crippen LogP contribution in [-0.4, -0.2) is 13.4 Å². The van der Waals surface area contributed by atoms with E-state index in [1.807, 2.05) is 0 Å². The van der Waals surface area contributed by atoms with Crippen molar-refractivity contribution < 1.29 is 21.8 Å². The van der Waals surface area contributed by atoms with Crippen molar-refractivity contribution >= 4 is 7.27 Å². The number of hydrogen-bond acceptors (Lipinski definition) is 0. The number of rotatable bonds is 2. The second-order valence-electron chi connectivity index (χ2n) is 1.54. The van der Waals surface area contributed by atoms with E-state index in [0.29, 0.717) is 0 Å². The van der Waals surface area contributed by atoms with Crippen molar-refractivity contribution in [2.75, 3.05) is 0 Å². The zero-order valence-corrected chi connectivity index (χ0v) is 4.38. The van der Waals surface area contributed by atoms with Crippen LogP contribution in [0.4, 0.5) is 21.8 Å². The fourth-order valence-electron chi connectivity index (χ4n) is 0.273. The maximum atomic E-state index is 11.1. The maximum Gasteiger partial charge on any atom is 0.538 e. The SMILES string of the molecule is FB(F)CCC(F)(F)F. The third-order valence-corrected chi connectivity index (χ3v) is 0.646. The Balaban J connectivity index is 3.28. The number of halogens is 5. The summed E-state index contributed by atoms with van der Waals surface area (Å²) in [6.07, 6.45) is -6.94. The summed E-state index contributed by atoms with van der Waals surface area (Å²) in [4.78, 5) is 0. The molecule has 0 aliphatic carbocycles. The molecule has 0 bridgehead atoms. The van der Waals surface area contributed by atoms with E-state index in [-0.39, 0.29) is 0 Å². The lowest BCUT2D eigenvalue weighted by Gasteiger charge is -2.01. The Morgan fingerprint density at radius 2 is 1.56 bits per heavy atom. The van der Waals surface area contributed by atoms with Gasteiger partial charge in [0.05, 0.1) is 0 Å². The molecule has 6 heteroatoms. The Hall–Kier alpha value is -0.285. The molecule has 0 atom stereocenters. The Labute approximate surface area is 49.2 Å². The molecular formula is C3H4BF5. The average Bonchev–Trinajstić information content (AvgIpc) is 1.59. The molecule has 0 radical (unpaired) electrons. The summed E-state index contributed by atoms with van der Waals surface area (Å²) >= 11 is 0. The molecule has 0 aromatic rings. The first-order valence-corrected chi connectivity index (χ1v) is 2.27. The lowest BCUT2D eigenvalue weighted by Crippen LogP contribution is -2.10. The van der Waals surface area contributed by atoms with Gasteiger partial charge in [-0.2, -0.15) is 13.2 Å². The van der Waals surface area contributed by atoms with Crippen LogP contribution >= 0.6 is 0 Å². The van der Waals surface area contributed by atoms with Crippen molar-refractivity contribution in [3.8, 4) is 0 Å². The van der Waals surface area contributed by atoms with E-state index in [1.54, 1.807) is 0 Å². The minimum atomic E-state index is -4.45. The lowest BCUT2D eigenvalue weighted by atomic mass is 9.91. The van der Waals surface area contributed by atoms with Gasteiger partial charge in [-0.15, -0.1) is 0 Å². The molecule has 0 rings (SSSR count). The molecule has 0 saturated heterocycles. The van der Waals surface area contributed by atoms with Gasteiger partial charge in [0.25, 0.3) is 0 Å². The van der Waals surface area contributed by atoms with Gasteiger partial charge in [0.2, 0.25) is 0 Å². The molecule has 0 aromatic carbocycles. The molecule has 0 unspecified atom stereocenters. The van der Waals surface area contributed by atoms with Gasteiger partial charge >= 0.3 is 13.4 Å². The van der Waals surface area contributed by atoms with Gasteiger partial charge in [-0.05, 0) is 6.32 Å². The van der Waals surface area contributed by atoms with Crippen LogP contribution in [0, 0.1) is 0 Å². The highest BCUT2D eigenvalue weighted by atomic mass is 19.4. The third-order valence-electron chi connectivity index (χ3n) is 0.646. The summed E-state index contributed by atoms with van der Waals surface area (Å²) in [5.74, 6) is 0. The van der Waals surface area contributed by atoms with Gasteiger partial charge in [0.1, 0.15) is 0 Å². The van der Waals surface area contributed by atoms with Gasteiger partial charge in [-0.3, -0.25) is 8.63 Å². The summed E-state index contributed by atoms with van der Waals surface area (Å²) in [5, 5.41) is 0. The van der Waals surface area contributed by atoms with E-state index >= 15 is 0 Å². The van der Waals surface area contributed by atoms with Gasteiger partial charge < -0.3 is 0 Å². The van der Waals surface area contributed by atoms with Gasteiger partial charge in [0, 0.05) is 6.42 Å². The highest BCUT2D eigenvalue weighted by Crippen LogP contribution is 2.22. The molecule has 0 nitrogen and oxygen atoms in total. The first-order valence-electron chi connectivity index (χ1n) is 2.27. The van der Waals surface area contributed by atoms with E-state index < -0.39 is 26.2 Å². The number of hydrogen-bond donors (Lipinski definition) is 0. The fraction of sp³-hybridized carbons (Fsp3) is 1.00. The van der Waals surface area contributed by atoms with Crippen molar-refractivity contribution in [3.05, 3.63) is 0 Å². The predicted octanol–water partition coefficient (Wildman–Crippen LogP) is 2.37. The van der Waals surface area contributed by atoms with Crippen molar-refractivity contribution in [2.45, 2.75) is 18.9 Å². The topological polar surface area (TPSA) is 0 Å². The highest BCUT2D eigenvalue weighted by Gasteiger charge is 2.30. The number of alkyl halides is 3. The molecule has 0 aliphatic rings. The Morgan fingerprint density at radius 1 is 1.11 bits per heavy atom. The largest absolute Gasteiger partial charge is 0.538 e. The first-order chi connectivity index (χ1) is 3.92. The van der Waals surface area contributed by atoms with Crippen molar-refractivity contribution in [2.24, 2.45) is 0 Å². The fourth-order valence-corrected chi connectivity index (χ4v) is 0.273. The van der Waals surface area contributed by atoms with Crippen LogP contribution in [0.15, 0.2) is 0 Å². The molecule has 54 valence electrons. The monoisotopic (exact) mass is 146 g/mol. The molecule has 0 spiro atoms. The molecule has 0 heterocycles. The Kier molecular flexibility index (Phi) is 2.93. The van der Waals surface area contributed by atoms with E-state index in [9.17, 15) is 21.8 Å². The molecule has 0 saturated carbocycles. The van der Waals surface area contributed by atoms with Crippen LogP contribution in [0.1, 0.15) is 6.42 Å². The quantitative estimate of drug-likeness (QED) is 0.414. The third kappa shape index (κ3) is 7.71. The first kappa shape index (κ1) is 8.71. The summed E-state index contributed by atoms with van der Waals surface area (Å²) < 4.78 is 55.4. The minimum Gasteiger partial charge on any atom is -0.287 e. The minimum absolute atomic E-state index is 1.09. The van der Waals surface area contributed by atoms with Crippen LogP contribution in [0.3, 0.4) is 0 Å². The van der Waals surface area contributed by atoms with Crippen LogP contribution in [0.5, 0.6) is 0 Å². The standard InChI is InChI=1S/C3H4BF5/c5-3(6,7)1-2-4(8)9/h1-2H2. The summed E-state index contributed by atoms with van der Waals surface area (Å²) in [6.45, 7) is 0. The van der Waals surface area contributed by atoms with Crippen molar-refractivity contribution in [3.63, 3.8) is 0 Å². The second kappa shape index (κ2) is 3.03. The van der Waals surface area contributed by atoms with Crippen LogP contribution in [0.25, 0.3) is 0 Å². The molecule has 0 N–H and O–H groups in total. The molecule has 0 fully saturated rings. The van der Waals surface area contributed by atoms with Crippen LogP contribution < -0.4 is 0 Å². The summed E-state index contributed by atoms with van der Waals surface area (Å²) in [7, 11) is -2.85. The van der Waals surface area contributed by atoms with Crippen molar-refractivity contribution in [1.29, 1.82) is 0 Å². The predicted molar refractivity (Wildman–Crippen MR) is 23.4 cm³/mol. The van der Waals surface area contributed by atoms with Gasteiger partial charge in [-0.1, -0.05) is 0 Å². The summed E-state index contributed by atoms with van der Waals surface area (Å²) in [6, 6.07) is 0. The van der Waals surface area contributed by atoms with E-state index in [4.69, 9.17) is 0 Å². The molecular weight excluding hydrogens is 142 g/mol. The lowest BCUT2D eigenvalue weighted by molar-refractivity contribution is -0.131. The van der Waals surface area contributed by atoms with E-state index in [0.717, 1.165) is 0 Å². The van der Waals surface area contributed by atoms with Gasteiger partial charge in [0.15, 0.2) is 0 Å². The Bertz CT molecular complexity index is 76.8. The van der Waals surface area contributed by atoms with E-state index in [1.165, 1.54) is 0 Å². The Morgan fingerprint density at radius 3 is 1.67 bits per heavy atom. The maximum absolute atomic E-state index is 11.1. The normalized spacial score (nSPS) is 11.7. The molecule has 9 heavy (non-hydrogen) atoms. The second-order valence-corrected chi connectivity index (χ2v) is 1.54. The highest BCUT2D eigenvalue weighted by molar-refractivity contribution is 6.42. The van der Waals surface area contributed by atoms with Crippen LogP contribution in [0.2, 0.25) is 6.32 Å². The van der Waals surface area contributed by atoms with E-state index in [2.05, 4.69) is 0 Å². The van der Waals surface area contributed by atoms with Crippen molar-refractivity contribution in [1.82, 2.24) is 0 Å². The molecule has 0 aromatic heterocycles. The smallest absolute Gasteiger partial charge is 0.287 e. The average molecular weight is 146 g/mol. The molecule has 0 aliphatic heterocycles. The zero-order valence-electron chi connectivity index (χ0n) is 4.38. The zero-order chi connectivity index (χ0) is 7.49.